The highest BCUT2D eigenvalue weighted by Crippen LogP contribution is 2.27. The molecular formula is C21H19F2N3O5S. The van der Waals surface area contributed by atoms with Gasteiger partial charge in [-0.2, -0.15) is 0 Å². The van der Waals surface area contributed by atoms with Gasteiger partial charge in [-0.15, -0.1) is 11.3 Å². The third-order valence-electron chi connectivity index (χ3n) is 4.41. The van der Waals surface area contributed by atoms with E-state index in [1.807, 2.05) is 0 Å². The second-order valence-electron chi connectivity index (χ2n) is 6.63. The van der Waals surface area contributed by atoms with Crippen LogP contribution < -0.4 is 5.32 Å². The van der Waals surface area contributed by atoms with E-state index in [4.69, 9.17) is 9.47 Å². The second-order valence-corrected chi connectivity index (χ2v) is 7.49. The lowest BCUT2D eigenvalue weighted by molar-refractivity contribution is -0.119. The molecule has 0 fully saturated rings. The molecule has 32 heavy (non-hydrogen) atoms. The van der Waals surface area contributed by atoms with E-state index in [2.05, 4.69) is 15.3 Å². The van der Waals surface area contributed by atoms with Gasteiger partial charge in [0.1, 0.15) is 17.3 Å². The standard InChI is InChI=1S/C21H19F2N3O5S/c1-4-30-20(29)18-10(2)17(11(3)24-18)19(28)31-8-16(27)26-21-25-15(9-32-21)13-7-12(22)5-6-14(13)23/h5-7,9,24H,4,8H2,1-3H3,(H,25,26,27). The molecule has 1 aromatic carbocycles. The third-order valence-corrected chi connectivity index (χ3v) is 5.17. The third kappa shape index (κ3) is 4.99. The summed E-state index contributed by atoms with van der Waals surface area (Å²) < 4.78 is 37.2. The molecule has 2 aromatic heterocycles. The molecule has 168 valence electrons. The van der Waals surface area contributed by atoms with Crippen LogP contribution in [-0.2, 0) is 14.3 Å². The van der Waals surface area contributed by atoms with E-state index in [9.17, 15) is 23.2 Å². The molecular weight excluding hydrogens is 444 g/mol. The van der Waals surface area contributed by atoms with Crippen molar-refractivity contribution < 1.29 is 32.6 Å². The Labute approximate surface area is 185 Å². The molecule has 0 saturated heterocycles. The average molecular weight is 463 g/mol. The first-order valence-electron chi connectivity index (χ1n) is 9.45. The van der Waals surface area contributed by atoms with E-state index in [0.29, 0.717) is 11.3 Å². The summed E-state index contributed by atoms with van der Waals surface area (Å²) in [4.78, 5) is 43.4. The minimum Gasteiger partial charge on any atom is -0.461 e. The largest absolute Gasteiger partial charge is 0.461 e. The van der Waals surface area contributed by atoms with E-state index in [1.54, 1.807) is 20.8 Å². The Morgan fingerprint density at radius 2 is 1.91 bits per heavy atom. The van der Waals surface area contributed by atoms with E-state index in [-0.39, 0.29) is 34.3 Å². The van der Waals surface area contributed by atoms with Gasteiger partial charge in [-0.25, -0.2) is 23.4 Å². The number of halogens is 2. The van der Waals surface area contributed by atoms with Crippen molar-refractivity contribution in [2.45, 2.75) is 20.8 Å². The van der Waals surface area contributed by atoms with Crippen molar-refractivity contribution >= 4 is 34.3 Å². The Balaban J connectivity index is 1.62. The number of rotatable bonds is 7. The van der Waals surface area contributed by atoms with E-state index >= 15 is 0 Å². The number of ether oxygens (including phenoxy) is 2. The highest BCUT2D eigenvalue weighted by Gasteiger charge is 2.24. The number of aromatic nitrogens is 2. The number of carbonyl (C=O) groups excluding carboxylic acids is 3. The average Bonchev–Trinajstić information content (AvgIpc) is 3.32. The fraction of sp³-hybridized carbons (Fsp3) is 0.238. The van der Waals surface area contributed by atoms with Crippen LogP contribution in [0.15, 0.2) is 23.6 Å². The van der Waals surface area contributed by atoms with Crippen molar-refractivity contribution in [3.05, 3.63) is 57.7 Å². The van der Waals surface area contributed by atoms with Crippen LogP contribution in [-0.4, -0.2) is 41.0 Å². The van der Waals surface area contributed by atoms with E-state index in [0.717, 1.165) is 29.5 Å². The number of hydrogen-bond donors (Lipinski definition) is 2. The summed E-state index contributed by atoms with van der Waals surface area (Å²) in [5, 5.41) is 4.02. The van der Waals surface area contributed by atoms with Crippen molar-refractivity contribution in [1.29, 1.82) is 0 Å². The van der Waals surface area contributed by atoms with Gasteiger partial charge in [-0.1, -0.05) is 0 Å². The van der Waals surface area contributed by atoms with Crippen molar-refractivity contribution in [1.82, 2.24) is 9.97 Å². The topological polar surface area (TPSA) is 110 Å². The van der Waals surface area contributed by atoms with Crippen LogP contribution in [0.4, 0.5) is 13.9 Å². The van der Waals surface area contributed by atoms with Gasteiger partial charge in [0.05, 0.1) is 17.9 Å². The molecule has 3 aromatic rings. The quantitative estimate of drug-likeness (QED) is 0.513. The Morgan fingerprint density at radius 3 is 2.62 bits per heavy atom. The summed E-state index contributed by atoms with van der Waals surface area (Å²) in [7, 11) is 0. The molecule has 0 bridgehead atoms. The van der Waals surface area contributed by atoms with Gasteiger partial charge in [0.25, 0.3) is 5.91 Å². The number of H-pyrrole nitrogens is 1. The number of nitrogens with zero attached hydrogens (tertiary/aromatic N) is 1. The van der Waals surface area contributed by atoms with Crippen LogP contribution in [0.25, 0.3) is 11.3 Å². The zero-order valence-electron chi connectivity index (χ0n) is 17.4. The minimum absolute atomic E-state index is 0.0380. The van der Waals surface area contributed by atoms with Gasteiger partial charge in [-0.3, -0.25) is 10.1 Å². The summed E-state index contributed by atoms with van der Waals surface area (Å²) in [6.07, 6.45) is 0. The molecule has 0 saturated carbocycles. The number of aromatic amines is 1. The molecule has 0 atom stereocenters. The molecule has 0 spiro atoms. The normalized spacial score (nSPS) is 10.7. The summed E-state index contributed by atoms with van der Waals surface area (Å²) in [6.45, 7) is 4.39. The zero-order chi connectivity index (χ0) is 23.4. The molecule has 1 amide bonds. The molecule has 0 radical (unpaired) electrons. The SMILES string of the molecule is CCOC(=O)c1[nH]c(C)c(C(=O)OCC(=O)Nc2nc(-c3cc(F)ccc3F)cs2)c1C. The Morgan fingerprint density at radius 1 is 1.16 bits per heavy atom. The Hall–Kier alpha value is -3.60. The predicted molar refractivity (Wildman–Crippen MR) is 113 cm³/mol. The van der Waals surface area contributed by atoms with Crippen LogP contribution in [0.3, 0.4) is 0 Å². The van der Waals surface area contributed by atoms with Gasteiger partial charge < -0.3 is 14.5 Å². The lowest BCUT2D eigenvalue weighted by atomic mass is 10.1. The minimum atomic E-state index is -0.788. The highest BCUT2D eigenvalue weighted by atomic mass is 32.1. The van der Waals surface area contributed by atoms with Crippen LogP contribution in [0.5, 0.6) is 0 Å². The molecule has 8 nitrogen and oxygen atoms in total. The van der Waals surface area contributed by atoms with Crippen molar-refractivity contribution in [3.63, 3.8) is 0 Å². The first-order chi connectivity index (χ1) is 15.2. The molecule has 2 heterocycles. The number of nitrogens with one attached hydrogen (secondary N) is 2. The summed E-state index contributed by atoms with van der Waals surface area (Å²) in [5.41, 5.74) is 1.15. The monoisotopic (exact) mass is 463 g/mol. The lowest BCUT2D eigenvalue weighted by Crippen LogP contribution is -2.21. The number of anilines is 1. The Kier molecular flexibility index (Phi) is 6.98. The fourth-order valence-electron chi connectivity index (χ4n) is 2.97. The summed E-state index contributed by atoms with van der Waals surface area (Å²) in [5.74, 6) is -3.32. The number of hydrogen-bond acceptors (Lipinski definition) is 7. The number of thiazole rings is 1. The van der Waals surface area contributed by atoms with Crippen LogP contribution in [0.1, 0.15) is 39.0 Å². The van der Waals surface area contributed by atoms with Gasteiger partial charge in [0.2, 0.25) is 0 Å². The highest BCUT2D eigenvalue weighted by molar-refractivity contribution is 7.14. The van der Waals surface area contributed by atoms with Gasteiger partial charge in [0.15, 0.2) is 11.7 Å². The number of carbonyl (C=O) groups is 3. The zero-order valence-corrected chi connectivity index (χ0v) is 18.2. The predicted octanol–water partition coefficient (Wildman–Crippen LogP) is 4.01. The number of amides is 1. The van der Waals surface area contributed by atoms with Crippen LogP contribution in [0, 0.1) is 25.5 Å². The van der Waals surface area contributed by atoms with Crippen molar-refractivity contribution in [2.75, 3.05) is 18.5 Å². The first kappa shape index (κ1) is 23.1. The maximum atomic E-state index is 13.9. The smallest absolute Gasteiger partial charge is 0.355 e. The van der Waals surface area contributed by atoms with E-state index < -0.39 is 36.1 Å². The number of benzene rings is 1. The van der Waals surface area contributed by atoms with Crippen molar-refractivity contribution in [2.24, 2.45) is 0 Å². The second kappa shape index (κ2) is 9.69. The first-order valence-corrected chi connectivity index (χ1v) is 10.3. The van der Waals surface area contributed by atoms with Crippen molar-refractivity contribution in [3.8, 4) is 11.3 Å². The van der Waals surface area contributed by atoms with Crippen LogP contribution >= 0.6 is 11.3 Å². The number of aryl methyl sites for hydroxylation is 1. The molecule has 0 aliphatic heterocycles. The molecule has 11 heteroatoms. The van der Waals surface area contributed by atoms with Crippen LogP contribution in [0.2, 0.25) is 0 Å². The van der Waals surface area contributed by atoms with E-state index in [1.165, 1.54) is 5.38 Å². The lowest BCUT2D eigenvalue weighted by Gasteiger charge is -2.06. The summed E-state index contributed by atoms with van der Waals surface area (Å²) in [6, 6.07) is 2.98. The maximum absolute atomic E-state index is 13.9. The van der Waals surface area contributed by atoms with Gasteiger partial charge >= 0.3 is 11.9 Å². The Bertz CT molecular complexity index is 1190. The molecule has 3 rings (SSSR count). The molecule has 0 unspecified atom stereocenters. The fourth-order valence-corrected chi connectivity index (χ4v) is 3.70. The molecule has 0 aliphatic carbocycles. The summed E-state index contributed by atoms with van der Waals surface area (Å²) >= 11 is 1.00. The number of esters is 2. The van der Waals surface area contributed by atoms with Gasteiger partial charge in [0, 0.05) is 16.6 Å². The molecule has 0 aliphatic rings. The van der Waals surface area contributed by atoms with Gasteiger partial charge in [-0.05, 0) is 44.5 Å². The maximum Gasteiger partial charge on any atom is 0.355 e. The molecule has 2 N–H and O–H groups in total.